The van der Waals surface area contributed by atoms with Crippen LogP contribution in [-0.4, -0.2) is 53.3 Å². The highest BCUT2D eigenvalue weighted by Crippen LogP contribution is 2.31. The highest BCUT2D eigenvalue weighted by molar-refractivity contribution is 7.12. The van der Waals surface area contributed by atoms with E-state index in [1.54, 1.807) is 11.4 Å². The van der Waals surface area contributed by atoms with E-state index in [9.17, 15) is 9.59 Å². The molecular weight excluding hydrogens is 298 g/mol. The van der Waals surface area contributed by atoms with Gasteiger partial charge in [0.1, 0.15) is 0 Å². The smallest absolute Gasteiger partial charge is 0.264 e. The fourth-order valence-electron chi connectivity index (χ4n) is 3.84. The van der Waals surface area contributed by atoms with Crippen molar-refractivity contribution in [1.29, 1.82) is 0 Å². The van der Waals surface area contributed by atoms with Gasteiger partial charge in [0.25, 0.3) is 5.91 Å². The minimum atomic E-state index is -0.471. The SMILES string of the molecule is CCN1CCC[C@@H]1[C@H]1CCCN1C(=O)c1cc(C(N)=O)cs1. The first-order valence-corrected chi connectivity index (χ1v) is 8.93. The molecule has 22 heavy (non-hydrogen) atoms. The monoisotopic (exact) mass is 321 g/mol. The van der Waals surface area contributed by atoms with E-state index >= 15 is 0 Å². The maximum atomic E-state index is 12.8. The first kappa shape index (κ1) is 15.5. The Hall–Kier alpha value is -1.40. The Bertz CT molecular complexity index is 571. The van der Waals surface area contributed by atoms with E-state index in [-0.39, 0.29) is 5.91 Å². The molecule has 2 saturated heterocycles. The number of carbonyl (C=O) groups excluding carboxylic acids is 2. The summed E-state index contributed by atoms with van der Waals surface area (Å²) >= 11 is 1.32. The number of nitrogens with zero attached hydrogens (tertiary/aromatic N) is 2. The summed E-state index contributed by atoms with van der Waals surface area (Å²) in [6.07, 6.45) is 4.56. The molecule has 0 spiro atoms. The van der Waals surface area contributed by atoms with E-state index < -0.39 is 5.91 Å². The molecule has 0 aromatic carbocycles. The zero-order chi connectivity index (χ0) is 15.7. The van der Waals surface area contributed by atoms with Crippen LogP contribution >= 0.6 is 11.3 Å². The molecule has 2 fully saturated rings. The molecule has 1 aromatic rings. The molecule has 2 atom stereocenters. The molecule has 2 aliphatic rings. The molecule has 0 saturated carbocycles. The molecule has 3 rings (SSSR count). The van der Waals surface area contributed by atoms with Crippen molar-refractivity contribution in [2.24, 2.45) is 5.73 Å². The first-order valence-electron chi connectivity index (χ1n) is 8.05. The lowest BCUT2D eigenvalue weighted by molar-refractivity contribution is 0.0655. The molecule has 0 radical (unpaired) electrons. The van der Waals surface area contributed by atoms with E-state index in [0.717, 1.165) is 32.5 Å². The second-order valence-corrected chi connectivity index (χ2v) is 7.02. The van der Waals surface area contributed by atoms with Gasteiger partial charge in [-0.2, -0.15) is 0 Å². The Morgan fingerprint density at radius 1 is 1.27 bits per heavy atom. The van der Waals surface area contributed by atoms with Crippen molar-refractivity contribution in [2.75, 3.05) is 19.6 Å². The summed E-state index contributed by atoms with van der Waals surface area (Å²) < 4.78 is 0. The van der Waals surface area contributed by atoms with Crippen LogP contribution in [0.1, 0.15) is 52.6 Å². The van der Waals surface area contributed by atoms with Crippen molar-refractivity contribution in [3.8, 4) is 0 Å². The fourth-order valence-corrected chi connectivity index (χ4v) is 4.70. The number of likely N-dealkylation sites (N-methyl/N-ethyl adjacent to an activating group) is 1. The Kier molecular flexibility index (Phi) is 4.49. The third-order valence-electron chi connectivity index (χ3n) is 4.92. The number of likely N-dealkylation sites (tertiary alicyclic amines) is 2. The Labute approximate surface area is 135 Å². The Morgan fingerprint density at radius 3 is 2.68 bits per heavy atom. The molecule has 120 valence electrons. The molecule has 6 heteroatoms. The summed E-state index contributed by atoms with van der Waals surface area (Å²) in [5.74, 6) is -0.413. The van der Waals surface area contributed by atoms with E-state index in [1.165, 1.54) is 24.2 Å². The van der Waals surface area contributed by atoms with Gasteiger partial charge in [0.15, 0.2) is 0 Å². The van der Waals surface area contributed by atoms with Crippen LogP contribution in [0.15, 0.2) is 11.4 Å². The lowest BCUT2D eigenvalue weighted by Crippen LogP contribution is -2.48. The molecule has 0 aliphatic carbocycles. The van der Waals surface area contributed by atoms with E-state index in [1.807, 2.05) is 4.90 Å². The molecule has 2 aliphatic heterocycles. The van der Waals surface area contributed by atoms with Gasteiger partial charge >= 0.3 is 0 Å². The van der Waals surface area contributed by atoms with Crippen molar-refractivity contribution in [3.05, 3.63) is 21.9 Å². The quantitative estimate of drug-likeness (QED) is 0.921. The largest absolute Gasteiger partial charge is 0.366 e. The maximum Gasteiger partial charge on any atom is 0.264 e. The van der Waals surface area contributed by atoms with Crippen molar-refractivity contribution >= 4 is 23.2 Å². The number of rotatable bonds is 4. The highest BCUT2D eigenvalue weighted by atomic mass is 32.1. The molecule has 0 bridgehead atoms. The van der Waals surface area contributed by atoms with Gasteiger partial charge in [-0.3, -0.25) is 14.5 Å². The van der Waals surface area contributed by atoms with Crippen LogP contribution in [0.3, 0.4) is 0 Å². The molecule has 0 unspecified atom stereocenters. The fraction of sp³-hybridized carbons (Fsp3) is 0.625. The number of hydrogen-bond acceptors (Lipinski definition) is 4. The van der Waals surface area contributed by atoms with Gasteiger partial charge in [-0.15, -0.1) is 11.3 Å². The van der Waals surface area contributed by atoms with Crippen molar-refractivity contribution in [2.45, 2.75) is 44.7 Å². The average Bonchev–Trinajstić information content (AvgIpc) is 3.23. The standard InChI is InChI=1S/C16H23N3O2S/c1-2-18-7-3-5-12(18)13-6-4-8-19(13)16(21)14-9-11(10-22-14)15(17)20/h9-10,12-13H,2-8H2,1H3,(H2,17,20)/t12-,13-/m1/s1. The van der Waals surface area contributed by atoms with Crippen LogP contribution in [0.2, 0.25) is 0 Å². The second-order valence-electron chi connectivity index (χ2n) is 6.11. The lowest BCUT2D eigenvalue weighted by Gasteiger charge is -2.34. The molecule has 3 heterocycles. The number of amides is 2. The number of hydrogen-bond donors (Lipinski definition) is 1. The van der Waals surface area contributed by atoms with Gasteiger partial charge in [0, 0.05) is 24.0 Å². The molecule has 2 amide bonds. The third kappa shape index (κ3) is 2.77. The van der Waals surface area contributed by atoms with Crippen molar-refractivity contribution in [3.63, 3.8) is 0 Å². The molecular formula is C16H23N3O2S. The predicted octanol–water partition coefficient (Wildman–Crippen LogP) is 1.94. The van der Waals surface area contributed by atoms with Crippen LogP contribution < -0.4 is 5.73 Å². The van der Waals surface area contributed by atoms with Crippen LogP contribution in [0.4, 0.5) is 0 Å². The first-order chi connectivity index (χ1) is 10.6. The number of primary amides is 1. The van der Waals surface area contributed by atoms with Crippen LogP contribution in [0.25, 0.3) is 0 Å². The molecule has 1 aromatic heterocycles. The number of nitrogens with two attached hydrogens (primary N) is 1. The van der Waals surface area contributed by atoms with E-state index in [4.69, 9.17) is 5.73 Å². The number of carbonyl (C=O) groups is 2. The minimum absolute atomic E-state index is 0.0583. The van der Waals surface area contributed by atoms with Gasteiger partial charge in [0.2, 0.25) is 5.91 Å². The van der Waals surface area contributed by atoms with Crippen molar-refractivity contribution in [1.82, 2.24) is 9.80 Å². The summed E-state index contributed by atoms with van der Waals surface area (Å²) in [4.78, 5) is 29.2. The topological polar surface area (TPSA) is 66.6 Å². The zero-order valence-corrected chi connectivity index (χ0v) is 13.8. The summed E-state index contributed by atoms with van der Waals surface area (Å²) in [7, 11) is 0. The summed E-state index contributed by atoms with van der Waals surface area (Å²) in [5, 5.41) is 1.68. The zero-order valence-electron chi connectivity index (χ0n) is 13.0. The summed E-state index contributed by atoms with van der Waals surface area (Å²) in [6.45, 7) is 5.21. The van der Waals surface area contributed by atoms with Crippen LogP contribution in [-0.2, 0) is 0 Å². The summed E-state index contributed by atoms with van der Waals surface area (Å²) in [5.41, 5.74) is 5.71. The second kappa shape index (κ2) is 6.38. The molecule has 2 N–H and O–H groups in total. The highest BCUT2D eigenvalue weighted by Gasteiger charge is 2.39. The van der Waals surface area contributed by atoms with Gasteiger partial charge < -0.3 is 10.6 Å². The van der Waals surface area contributed by atoms with Crippen LogP contribution in [0.5, 0.6) is 0 Å². The van der Waals surface area contributed by atoms with Gasteiger partial charge in [-0.1, -0.05) is 6.92 Å². The lowest BCUT2D eigenvalue weighted by atomic mass is 10.0. The average molecular weight is 321 g/mol. The Balaban J connectivity index is 1.77. The van der Waals surface area contributed by atoms with E-state index in [0.29, 0.717) is 22.5 Å². The third-order valence-corrected chi connectivity index (χ3v) is 5.84. The van der Waals surface area contributed by atoms with E-state index in [2.05, 4.69) is 11.8 Å². The maximum absolute atomic E-state index is 12.8. The van der Waals surface area contributed by atoms with Crippen LogP contribution in [0, 0.1) is 0 Å². The summed E-state index contributed by atoms with van der Waals surface area (Å²) in [6, 6.07) is 2.44. The van der Waals surface area contributed by atoms with Gasteiger partial charge in [0.05, 0.1) is 10.4 Å². The minimum Gasteiger partial charge on any atom is -0.366 e. The normalized spacial score (nSPS) is 25.8. The van der Waals surface area contributed by atoms with Crippen molar-refractivity contribution < 1.29 is 9.59 Å². The Morgan fingerprint density at radius 2 is 2.00 bits per heavy atom. The van der Waals surface area contributed by atoms with Gasteiger partial charge in [-0.05, 0) is 44.8 Å². The number of thiophene rings is 1. The predicted molar refractivity (Wildman–Crippen MR) is 87.2 cm³/mol. The van der Waals surface area contributed by atoms with Gasteiger partial charge in [-0.25, -0.2) is 0 Å². The molecule has 5 nitrogen and oxygen atoms in total.